The zero-order chi connectivity index (χ0) is 24.3. The number of nitrogens with two attached hydrogens (primary N) is 1. The first kappa shape index (κ1) is 23.2. The van der Waals surface area contributed by atoms with Crippen LogP contribution in [0, 0.1) is 0 Å². The molecule has 3 aromatic rings. The quantitative estimate of drug-likeness (QED) is 0.509. The Morgan fingerprint density at radius 2 is 1.80 bits per heavy atom. The van der Waals surface area contributed by atoms with E-state index in [9.17, 15) is 4.79 Å². The molecule has 35 heavy (non-hydrogen) atoms. The van der Waals surface area contributed by atoms with Crippen LogP contribution >= 0.6 is 0 Å². The van der Waals surface area contributed by atoms with E-state index in [-0.39, 0.29) is 11.3 Å². The third-order valence-electron chi connectivity index (χ3n) is 7.31. The van der Waals surface area contributed by atoms with Crippen molar-refractivity contribution < 1.29 is 14.3 Å². The van der Waals surface area contributed by atoms with E-state index in [1.165, 1.54) is 11.1 Å². The van der Waals surface area contributed by atoms with E-state index in [4.69, 9.17) is 15.2 Å². The second kappa shape index (κ2) is 9.96. The number of ether oxygens (including phenoxy) is 2. The van der Waals surface area contributed by atoms with Gasteiger partial charge in [0.15, 0.2) is 0 Å². The number of rotatable bonds is 7. The van der Waals surface area contributed by atoms with Gasteiger partial charge in [-0.3, -0.25) is 4.79 Å². The Morgan fingerprint density at radius 1 is 1.00 bits per heavy atom. The highest BCUT2D eigenvalue weighted by atomic mass is 16.5. The molecule has 0 radical (unpaired) electrons. The summed E-state index contributed by atoms with van der Waals surface area (Å²) in [5, 5.41) is 0. The molecule has 0 atom stereocenters. The fraction of sp³-hybridized carbons (Fsp3) is 0.300. The summed E-state index contributed by atoms with van der Waals surface area (Å²) in [5.41, 5.74) is 10.7. The van der Waals surface area contributed by atoms with E-state index in [2.05, 4.69) is 24.8 Å². The van der Waals surface area contributed by atoms with E-state index >= 15 is 0 Å². The van der Waals surface area contributed by atoms with Gasteiger partial charge in [0.2, 0.25) is 0 Å². The molecule has 1 fully saturated rings. The Bertz CT molecular complexity index is 1210. The van der Waals surface area contributed by atoms with Crippen molar-refractivity contribution in [2.24, 2.45) is 5.73 Å². The summed E-state index contributed by atoms with van der Waals surface area (Å²) < 4.78 is 12.0. The summed E-state index contributed by atoms with van der Waals surface area (Å²) in [5.74, 6) is 1.69. The van der Waals surface area contributed by atoms with Crippen LogP contribution in [-0.2, 0) is 23.2 Å². The molecular formula is C30H32N2O3. The largest absolute Gasteiger partial charge is 0.493 e. The minimum absolute atomic E-state index is 0.0175. The molecule has 5 nitrogen and oxygen atoms in total. The number of carbonyl (C=O) groups excluding carboxylic acids is 1. The van der Waals surface area contributed by atoms with Gasteiger partial charge < -0.3 is 20.1 Å². The molecule has 0 bridgehead atoms. The molecule has 1 amide bonds. The van der Waals surface area contributed by atoms with Crippen LogP contribution < -0.4 is 15.2 Å². The van der Waals surface area contributed by atoms with Crippen LogP contribution in [0.3, 0.4) is 0 Å². The summed E-state index contributed by atoms with van der Waals surface area (Å²) in [6.45, 7) is 7.26. The van der Waals surface area contributed by atoms with Crippen LogP contribution in [0.15, 0.2) is 79.4 Å². The van der Waals surface area contributed by atoms with Gasteiger partial charge in [0.1, 0.15) is 11.5 Å². The predicted molar refractivity (Wildman–Crippen MR) is 138 cm³/mol. The molecule has 5 rings (SSSR count). The van der Waals surface area contributed by atoms with Crippen molar-refractivity contribution in [2.45, 2.75) is 31.2 Å². The summed E-state index contributed by atoms with van der Waals surface area (Å²) in [7, 11) is 0. The minimum atomic E-state index is -0.0366. The minimum Gasteiger partial charge on any atom is -0.493 e. The predicted octanol–water partition coefficient (Wildman–Crippen LogP) is 4.73. The molecular weight excluding hydrogens is 436 g/mol. The fourth-order valence-electron chi connectivity index (χ4n) is 5.11. The molecule has 5 heteroatoms. The summed E-state index contributed by atoms with van der Waals surface area (Å²) in [6, 6.07) is 24.2. The van der Waals surface area contributed by atoms with Gasteiger partial charge in [0, 0.05) is 42.6 Å². The van der Waals surface area contributed by atoms with Gasteiger partial charge >= 0.3 is 0 Å². The zero-order valence-electron chi connectivity index (χ0n) is 20.0. The maximum absolute atomic E-state index is 13.3. The Hall–Kier alpha value is -3.57. The summed E-state index contributed by atoms with van der Waals surface area (Å²) in [4.78, 5) is 15.2. The van der Waals surface area contributed by atoms with Crippen molar-refractivity contribution in [1.82, 2.24) is 4.90 Å². The van der Waals surface area contributed by atoms with Crippen molar-refractivity contribution in [3.63, 3.8) is 0 Å². The van der Waals surface area contributed by atoms with Crippen molar-refractivity contribution in [2.75, 3.05) is 26.3 Å². The van der Waals surface area contributed by atoms with Crippen LogP contribution in [0.5, 0.6) is 11.5 Å². The number of hydrogen-bond donors (Lipinski definition) is 1. The maximum Gasteiger partial charge on any atom is 0.253 e. The molecule has 180 valence electrons. The molecule has 2 aliphatic rings. The van der Waals surface area contributed by atoms with Gasteiger partial charge in [-0.05, 0) is 47.7 Å². The smallest absolute Gasteiger partial charge is 0.253 e. The zero-order valence-corrected chi connectivity index (χ0v) is 20.0. The lowest BCUT2D eigenvalue weighted by atomic mass is 9.74. The molecule has 2 heterocycles. The first-order chi connectivity index (χ1) is 17.1. The lowest BCUT2D eigenvalue weighted by molar-refractivity contribution is -0.126. The Labute approximate surface area is 207 Å². The molecule has 2 aliphatic heterocycles. The second-order valence-electron chi connectivity index (χ2n) is 9.49. The average Bonchev–Trinajstić information content (AvgIpc) is 3.26. The molecule has 3 aromatic carbocycles. The highest BCUT2D eigenvalue weighted by Crippen LogP contribution is 2.46. The summed E-state index contributed by atoms with van der Waals surface area (Å²) in [6.07, 6.45) is 2.57. The van der Waals surface area contributed by atoms with E-state index < -0.39 is 0 Å². The molecule has 0 unspecified atom stereocenters. The van der Waals surface area contributed by atoms with Crippen LogP contribution in [0.4, 0.5) is 0 Å². The van der Waals surface area contributed by atoms with Crippen molar-refractivity contribution in [3.05, 3.63) is 102 Å². The number of nitrogens with zero attached hydrogens (tertiary/aromatic N) is 1. The topological polar surface area (TPSA) is 64.8 Å². The maximum atomic E-state index is 13.3. The standard InChI is InChI=1S/C30H32N2O3/c1-22(25-8-5-9-26(19-25)34-17-12-23-6-3-2-4-7-23)29(33)32-15-13-30(14-16-32)21-35-28-11-10-24(20-31)18-27(28)30/h2-11,18-19H,1,12-17,20-21,31H2. The van der Waals surface area contributed by atoms with Crippen LogP contribution in [0.25, 0.3) is 5.57 Å². The van der Waals surface area contributed by atoms with Gasteiger partial charge in [-0.25, -0.2) is 0 Å². The SMILES string of the molecule is C=C(C(=O)N1CCC2(CC1)COc1ccc(CN)cc12)c1cccc(OCCc2ccccc2)c1. The fourth-order valence-corrected chi connectivity index (χ4v) is 5.11. The highest BCUT2D eigenvalue weighted by molar-refractivity contribution is 6.18. The molecule has 1 spiro atoms. The van der Waals surface area contributed by atoms with Gasteiger partial charge in [-0.15, -0.1) is 0 Å². The first-order valence-electron chi connectivity index (χ1n) is 12.3. The Morgan fingerprint density at radius 3 is 2.57 bits per heavy atom. The van der Waals surface area contributed by atoms with Crippen LogP contribution in [0.2, 0.25) is 0 Å². The first-order valence-corrected chi connectivity index (χ1v) is 12.3. The third kappa shape index (κ3) is 4.82. The number of amides is 1. The Kier molecular flexibility index (Phi) is 6.60. The molecule has 1 saturated heterocycles. The van der Waals surface area contributed by atoms with Crippen LogP contribution in [-0.4, -0.2) is 37.1 Å². The molecule has 2 N–H and O–H groups in total. The van der Waals surface area contributed by atoms with Crippen molar-refractivity contribution in [1.29, 1.82) is 0 Å². The van der Waals surface area contributed by atoms with E-state index in [0.717, 1.165) is 41.9 Å². The van der Waals surface area contributed by atoms with E-state index in [1.54, 1.807) is 0 Å². The van der Waals surface area contributed by atoms with E-state index in [1.807, 2.05) is 59.5 Å². The normalized spacial score (nSPS) is 16.0. The van der Waals surface area contributed by atoms with Crippen molar-refractivity contribution >= 4 is 11.5 Å². The number of benzene rings is 3. The van der Waals surface area contributed by atoms with E-state index in [0.29, 0.717) is 38.4 Å². The summed E-state index contributed by atoms with van der Waals surface area (Å²) >= 11 is 0. The highest BCUT2D eigenvalue weighted by Gasteiger charge is 2.44. The van der Waals surface area contributed by atoms with Crippen molar-refractivity contribution in [3.8, 4) is 11.5 Å². The number of fused-ring (bicyclic) bond motifs is 2. The lowest BCUT2D eigenvalue weighted by Crippen LogP contribution is -2.46. The molecule has 0 aliphatic carbocycles. The average molecular weight is 469 g/mol. The monoisotopic (exact) mass is 468 g/mol. The number of likely N-dealkylation sites (tertiary alicyclic amines) is 1. The molecule has 0 saturated carbocycles. The number of hydrogen-bond acceptors (Lipinski definition) is 4. The van der Waals surface area contributed by atoms with Crippen LogP contribution in [0.1, 0.15) is 35.1 Å². The number of piperidine rings is 1. The van der Waals surface area contributed by atoms with Gasteiger partial charge in [-0.1, -0.05) is 61.2 Å². The second-order valence-corrected chi connectivity index (χ2v) is 9.49. The van der Waals surface area contributed by atoms with Gasteiger partial charge in [-0.2, -0.15) is 0 Å². The van der Waals surface area contributed by atoms with Gasteiger partial charge in [0.25, 0.3) is 5.91 Å². The van der Waals surface area contributed by atoms with Gasteiger partial charge in [0.05, 0.1) is 13.2 Å². The lowest BCUT2D eigenvalue weighted by Gasteiger charge is -2.39. The number of carbonyl (C=O) groups is 1. The molecule has 0 aromatic heterocycles. The Balaban J connectivity index is 1.20. The third-order valence-corrected chi connectivity index (χ3v) is 7.31.